The van der Waals surface area contributed by atoms with Crippen LogP contribution in [0.3, 0.4) is 0 Å². The first-order valence-electron chi connectivity index (χ1n) is 9.17. The lowest BCUT2D eigenvalue weighted by molar-refractivity contribution is -0.138. The highest BCUT2D eigenvalue weighted by molar-refractivity contribution is 8.00. The summed E-state index contributed by atoms with van der Waals surface area (Å²) < 4.78 is 51.3. The maximum atomic E-state index is 13.6. The van der Waals surface area contributed by atoms with Gasteiger partial charge in [0.05, 0.1) is 31.1 Å². The fourth-order valence-electron chi connectivity index (χ4n) is 3.49. The number of methoxy groups -OCH3 is 2. The van der Waals surface area contributed by atoms with Gasteiger partial charge in [-0.15, -0.1) is 0 Å². The molecule has 1 aromatic heterocycles. The normalized spacial score (nSPS) is 12.9. The van der Waals surface area contributed by atoms with Crippen LogP contribution in [0.25, 0.3) is 0 Å². The third-order valence-corrected chi connectivity index (χ3v) is 5.87. The average Bonchev–Trinajstić information content (AvgIpc) is 3.18. The second kappa shape index (κ2) is 8.96. The zero-order valence-electron chi connectivity index (χ0n) is 16.4. The number of pyridine rings is 1. The summed E-state index contributed by atoms with van der Waals surface area (Å²) in [5.41, 5.74) is -0.282. The van der Waals surface area contributed by atoms with Crippen LogP contribution in [0, 0.1) is 11.3 Å². The van der Waals surface area contributed by atoms with Gasteiger partial charge >= 0.3 is 6.18 Å². The molecule has 0 bridgehead atoms. The van der Waals surface area contributed by atoms with Crippen molar-refractivity contribution in [3.63, 3.8) is 0 Å². The number of nitriles is 1. The molecule has 0 spiro atoms. The number of hydrogen-bond donors (Lipinski definition) is 0. The lowest BCUT2D eigenvalue weighted by Gasteiger charge is -2.16. The van der Waals surface area contributed by atoms with Crippen molar-refractivity contribution in [2.75, 3.05) is 20.0 Å². The number of aromatic nitrogens is 1. The topological polar surface area (TPSA) is 72.2 Å². The summed E-state index contributed by atoms with van der Waals surface area (Å²) in [5, 5.41) is 9.35. The largest absolute Gasteiger partial charge is 0.497 e. The Balaban J connectivity index is 1.81. The highest BCUT2D eigenvalue weighted by Gasteiger charge is 2.40. The van der Waals surface area contributed by atoms with Crippen molar-refractivity contribution in [1.82, 2.24) is 4.98 Å². The molecular formula is C21H19F3N2O3S. The molecule has 5 nitrogen and oxygen atoms in total. The van der Waals surface area contributed by atoms with Crippen LogP contribution in [-0.4, -0.2) is 30.7 Å². The fraction of sp³-hybridized carbons (Fsp3) is 0.381. The molecule has 9 heteroatoms. The van der Waals surface area contributed by atoms with Gasteiger partial charge in [0.1, 0.15) is 28.4 Å². The SMILES string of the molecule is COc1ccc(CC(=O)CSc2nc3c(c(C(F)(F)F)c2C#N)CCC3)c(OC)c1. The molecule has 1 aromatic carbocycles. The highest BCUT2D eigenvalue weighted by atomic mass is 32.2. The number of benzene rings is 1. The standard InChI is InChI=1S/C21H19F3N2O3S/c1-28-14-7-6-12(18(9-14)29-2)8-13(27)11-30-20-16(10-25)19(21(22,23)24)15-4-3-5-17(15)26-20/h6-7,9H,3-5,8,11H2,1-2H3. The number of hydrogen-bond acceptors (Lipinski definition) is 6. The molecule has 30 heavy (non-hydrogen) atoms. The number of alkyl halides is 3. The summed E-state index contributed by atoms with van der Waals surface area (Å²) in [5.74, 6) is 0.745. The molecule has 0 saturated carbocycles. The van der Waals surface area contributed by atoms with Crippen molar-refractivity contribution in [2.24, 2.45) is 0 Å². The molecule has 0 fully saturated rings. The number of carbonyl (C=O) groups is 1. The quantitative estimate of drug-likeness (QED) is 0.600. The molecule has 0 atom stereocenters. The van der Waals surface area contributed by atoms with Crippen LogP contribution >= 0.6 is 11.8 Å². The predicted octanol–water partition coefficient (Wildman–Crippen LogP) is 4.38. The third-order valence-electron chi connectivity index (χ3n) is 4.84. The van der Waals surface area contributed by atoms with E-state index in [4.69, 9.17) is 9.47 Å². The van der Waals surface area contributed by atoms with Gasteiger partial charge in [0, 0.05) is 23.7 Å². The van der Waals surface area contributed by atoms with Gasteiger partial charge in [-0.1, -0.05) is 17.8 Å². The van der Waals surface area contributed by atoms with Gasteiger partial charge in [-0.25, -0.2) is 4.98 Å². The van der Waals surface area contributed by atoms with Gasteiger partial charge < -0.3 is 9.47 Å². The summed E-state index contributed by atoms with van der Waals surface area (Å²) in [4.78, 5) is 16.8. The number of ether oxygens (including phenoxy) is 2. The summed E-state index contributed by atoms with van der Waals surface area (Å²) in [7, 11) is 2.99. The molecular weight excluding hydrogens is 417 g/mol. The number of aryl methyl sites for hydroxylation is 1. The zero-order valence-corrected chi connectivity index (χ0v) is 17.2. The number of Topliss-reactive ketones (excluding diaryl/α,β-unsaturated/α-hetero) is 1. The number of nitrogens with zero attached hydrogens (tertiary/aromatic N) is 2. The Kier molecular flexibility index (Phi) is 6.56. The minimum absolute atomic E-state index is 0.0408. The smallest absolute Gasteiger partial charge is 0.418 e. The summed E-state index contributed by atoms with van der Waals surface area (Å²) in [6.07, 6.45) is -3.33. The van der Waals surface area contributed by atoms with Crippen molar-refractivity contribution in [3.05, 3.63) is 46.1 Å². The van der Waals surface area contributed by atoms with Gasteiger partial charge in [-0.3, -0.25) is 4.79 Å². The number of thioether (sulfide) groups is 1. The van der Waals surface area contributed by atoms with E-state index in [0.29, 0.717) is 35.6 Å². The molecule has 0 unspecified atom stereocenters. The maximum Gasteiger partial charge on any atom is 0.418 e. The first-order chi connectivity index (χ1) is 14.3. The molecule has 1 aliphatic rings. The second-order valence-electron chi connectivity index (χ2n) is 6.74. The highest BCUT2D eigenvalue weighted by Crippen LogP contribution is 2.41. The van der Waals surface area contributed by atoms with E-state index in [1.165, 1.54) is 14.2 Å². The van der Waals surface area contributed by atoms with Gasteiger partial charge in [-0.2, -0.15) is 18.4 Å². The Labute approximate surface area is 176 Å². The van der Waals surface area contributed by atoms with E-state index in [1.54, 1.807) is 24.3 Å². The Hall–Kier alpha value is -2.73. The monoisotopic (exact) mass is 436 g/mol. The number of ketones is 1. The number of fused-ring (bicyclic) bond motifs is 1. The Bertz CT molecular complexity index is 1020. The van der Waals surface area contributed by atoms with E-state index in [2.05, 4.69) is 4.98 Å². The maximum absolute atomic E-state index is 13.6. The fourth-order valence-corrected chi connectivity index (χ4v) is 4.35. The van der Waals surface area contributed by atoms with Crippen molar-refractivity contribution in [3.8, 4) is 17.6 Å². The van der Waals surface area contributed by atoms with E-state index in [1.807, 2.05) is 0 Å². The number of halogens is 3. The van der Waals surface area contributed by atoms with E-state index in [0.717, 1.165) is 11.8 Å². The van der Waals surface area contributed by atoms with Crippen molar-refractivity contribution >= 4 is 17.5 Å². The van der Waals surface area contributed by atoms with Crippen molar-refractivity contribution in [2.45, 2.75) is 36.9 Å². The molecule has 0 amide bonds. The Morgan fingerprint density at radius 1 is 1.27 bits per heavy atom. The van der Waals surface area contributed by atoms with E-state index in [9.17, 15) is 23.2 Å². The van der Waals surface area contributed by atoms with Crippen LogP contribution in [-0.2, 0) is 30.2 Å². The van der Waals surface area contributed by atoms with Crippen LogP contribution in [0.15, 0.2) is 23.2 Å². The van der Waals surface area contributed by atoms with Gasteiger partial charge in [-0.05, 0) is 30.9 Å². The van der Waals surface area contributed by atoms with Crippen molar-refractivity contribution in [1.29, 1.82) is 5.26 Å². The van der Waals surface area contributed by atoms with Gasteiger partial charge in [0.2, 0.25) is 0 Å². The molecule has 0 N–H and O–H groups in total. The van der Waals surface area contributed by atoms with Crippen LogP contribution < -0.4 is 9.47 Å². The molecule has 2 aromatic rings. The predicted molar refractivity (Wildman–Crippen MR) is 105 cm³/mol. The number of carbonyl (C=O) groups excluding carboxylic acids is 1. The average molecular weight is 436 g/mol. The van der Waals surface area contributed by atoms with Gasteiger partial charge in [0.25, 0.3) is 0 Å². The first-order valence-corrected chi connectivity index (χ1v) is 10.2. The third kappa shape index (κ3) is 4.54. The van der Waals surface area contributed by atoms with Crippen LogP contribution in [0.1, 0.15) is 34.4 Å². The zero-order chi connectivity index (χ0) is 21.9. The minimum Gasteiger partial charge on any atom is -0.497 e. The molecule has 3 rings (SSSR count). The molecule has 1 heterocycles. The Morgan fingerprint density at radius 2 is 2.03 bits per heavy atom. The van der Waals surface area contributed by atoms with E-state index < -0.39 is 17.3 Å². The summed E-state index contributed by atoms with van der Waals surface area (Å²) >= 11 is 0.868. The molecule has 0 aliphatic heterocycles. The second-order valence-corrected chi connectivity index (χ2v) is 7.70. The molecule has 1 aliphatic carbocycles. The molecule has 0 saturated heterocycles. The minimum atomic E-state index is -4.64. The first kappa shape index (κ1) is 22.0. The molecule has 0 radical (unpaired) electrons. The number of rotatable bonds is 7. The van der Waals surface area contributed by atoms with Crippen LogP contribution in [0.5, 0.6) is 11.5 Å². The van der Waals surface area contributed by atoms with Gasteiger partial charge in [0.15, 0.2) is 0 Å². The lowest BCUT2D eigenvalue weighted by atomic mass is 10.0. The van der Waals surface area contributed by atoms with E-state index in [-0.39, 0.29) is 35.0 Å². The van der Waals surface area contributed by atoms with Crippen LogP contribution in [0.4, 0.5) is 13.2 Å². The summed E-state index contributed by atoms with van der Waals surface area (Å²) in [6.45, 7) is 0. The Morgan fingerprint density at radius 3 is 2.67 bits per heavy atom. The summed E-state index contributed by atoms with van der Waals surface area (Å²) in [6, 6.07) is 6.71. The van der Waals surface area contributed by atoms with Crippen LogP contribution in [0.2, 0.25) is 0 Å². The lowest BCUT2D eigenvalue weighted by Crippen LogP contribution is -2.15. The van der Waals surface area contributed by atoms with Crippen molar-refractivity contribution < 1.29 is 27.4 Å². The molecule has 158 valence electrons. The van der Waals surface area contributed by atoms with E-state index >= 15 is 0 Å².